The average Bonchev–Trinajstić information content (AvgIpc) is 2.95. The van der Waals surface area contributed by atoms with Crippen molar-refractivity contribution in [2.75, 3.05) is 11.5 Å². The van der Waals surface area contributed by atoms with Gasteiger partial charge in [-0.05, 0) is 30.7 Å². The summed E-state index contributed by atoms with van der Waals surface area (Å²) in [6, 6.07) is 4.08. The summed E-state index contributed by atoms with van der Waals surface area (Å²) < 4.78 is 2.15. The molecule has 2 aromatic rings. The molecular weight excluding hydrogens is 313 g/mol. The first kappa shape index (κ1) is 14.4. The average molecular weight is 330 g/mol. The fourth-order valence-corrected chi connectivity index (χ4v) is 4.63. The molecule has 2 N–H and O–H groups in total. The molecule has 1 aromatic heterocycles. The smallest absolute Gasteiger partial charge is 0.201 e. The van der Waals surface area contributed by atoms with Crippen molar-refractivity contribution in [2.45, 2.75) is 37.5 Å². The lowest BCUT2D eigenvalue weighted by Gasteiger charge is -2.22. The van der Waals surface area contributed by atoms with Crippen molar-refractivity contribution in [3.63, 3.8) is 0 Å². The molecule has 0 radical (unpaired) electrons. The fourth-order valence-electron chi connectivity index (χ4n) is 3.07. The third-order valence-electron chi connectivity index (χ3n) is 3.89. The van der Waals surface area contributed by atoms with Crippen LogP contribution in [-0.2, 0) is 0 Å². The number of hydrogen-bond donors (Lipinski definition) is 1. The Labute approximate surface area is 132 Å². The van der Waals surface area contributed by atoms with E-state index in [0.717, 1.165) is 23.2 Å². The monoisotopic (exact) mass is 329 g/mol. The molecule has 3 rings (SSSR count). The van der Waals surface area contributed by atoms with Gasteiger partial charge in [-0.15, -0.1) is 0 Å². The number of benzene rings is 1. The molecule has 0 bridgehead atoms. The van der Waals surface area contributed by atoms with E-state index in [-0.39, 0.29) is 0 Å². The Hall–Kier alpha value is -0.580. The van der Waals surface area contributed by atoms with E-state index >= 15 is 0 Å². The highest BCUT2D eigenvalue weighted by Crippen LogP contribution is 2.42. The summed E-state index contributed by atoms with van der Waals surface area (Å²) in [5, 5.41) is 1.68. The van der Waals surface area contributed by atoms with E-state index in [1.807, 2.05) is 17.8 Å². The molecule has 108 valence electrons. The second-order valence-electron chi connectivity index (χ2n) is 5.09. The van der Waals surface area contributed by atoms with Crippen LogP contribution in [0.5, 0.6) is 0 Å². The summed E-state index contributed by atoms with van der Waals surface area (Å²) in [5.74, 6) is 1.69. The number of imidazole rings is 1. The van der Waals surface area contributed by atoms with E-state index in [1.165, 1.54) is 12.8 Å². The first-order chi connectivity index (χ1) is 9.61. The molecule has 2 atom stereocenters. The zero-order valence-electron chi connectivity index (χ0n) is 11.3. The Morgan fingerprint density at radius 3 is 2.85 bits per heavy atom. The summed E-state index contributed by atoms with van der Waals surface area (Å²) in [5.41, 5.74) is 7.96. The highest BCUT2D eigenvalue weighted by Gasteiger charge is 2.31. The number of nitrogens with zero attached hydrogens (tertiary/aromatic N) is 2. The van der Waals surface area contributed by atoms with Crippen LogP contribution in [0, 0.1) is 0 Å². The van der Waals surface area contributed by atoms with Gasteiger partial charge >= 0.3 is 0 Å². The zero-order chi connectivity index (χ0) is 14.3. The molecule has 0 spiro atoms. The van der Waals surface area contributed by atoms with E-state index in [4.69, 9.17) is 28.9 Å². The van der Waals surface area contributed by atoms with Crippen LogP contribution in [-0.4, -0.2) is 20.6 Å². The SMILES string of the molecule is CCSC1CCCC1n1c(N)nc2cc(Cl)c(Cl)cc21. The lowest BCUT2D eigenvalue weighted by Crippen LogP contribution is -2.18. The molecule has 1 aliphatic rings. The van der Waals surface area contributed by atoms with Gasteiger partial charge in [0, 0.05) is 11.3 Å². The van der Waals surface area contributed by atoms with E-state index in [9.17, 15) is 0 Å². The fraction of sp³-hybridized carbons (Fsp3) is 0.500. The summed E-state index contributed by atoms with van der Waals surface area (Å²) in [7, 11) is 0. The minimum Gasteiger partial charge on any atom is -0.369 e. The van der Waals surface area contributed by atoms with Crippen LogP contribution in [0.3, 0.4) is 0 Å². The largest absolute Gasteiger partial charge is 0.369 e. The first-order valence-corrected chi connectivity index (χ1v) is 8.66. The summed E-state index contributed by atoms with van der Waals surface area (Å²) in [6.45, 7) is 2.20. The van der Waals surface area contributed by atoms with E-state index in [2.05, 4.69) is 16.5 Å². The molecule has 1 saturated carbocycles. The van der Waals surface area contributed by atoms with Crippen molar-refractivity contribution in [3.8, 4) is 0 Å². The third-order valence-corrected chi connectivity index (χ3v) is 5.92. The molecule has 3 nitrogen and oxygen atoms in total. The summed E-state index contributed by atoms with van der Waals surface area (Å²) in [4.78, 5) is 4.44. The number of halogens is 2. The quantitative estimate of drug-likeness (QED) is 0.881. The second-order valence-corrected chi connectivity index (χ2v) is 7.42. The number of fused-ring (bicyclic) bond motifs is 1. The van der Waals surface area contributed by atoms with Crippen LogP contribution < -0.4 is 5.73 Å². The van der Waals surface area contributed by atoms with Gasteiger partial charge < -0.3 is 10.3 Å². The number of nitrogen functional groups attached to an aromatic ring is 1. The number of anilines is 1. The van der Waals surface area contributed by atoms with Gasteiger partial charge in [-0.3, -0.25) is 0 Å². The van der Waals surface area contributed by atoms with Crippen LogP contribution in [0.1, 0.15) is 32.2 Å². The van der Waals surface area contributed by atoms with Crippen LogP contribution in [0.25, 0.3) is 11.0 Å². The highest BCUT2D eigenvalue weighted by atomic mass is 35.5. The standard InChI is InChI=1S/C14H17Cl2N3S/c1-2-20-13-5-3-4-11(13)19-12-7-9(16)8(15)6-10(12)18-14(19)17/h6-7,11,13H,2-5H2,1H3,(H2,17,18). The lowest BCUT2D eigenvalue weighted by molar-refractivity contribution is 0.549. The minimum atomic E-state index is 0.405. The maximum atomic E-state index is 6.15. The van der Waals surface area contributed by atoms with E-state index in [0.29, 0.717) is 27.3 Å². The second kappa shape index (κ2) is 5.66. The molecule has 1 heterocycles. The van der Waals surface area contributed by atoms with Gasteiger partial charge in [0.25, 0.3) is 0 Å². The highest BCUT2D eigenvalue weighted by molar-refractivity contribution is 7.99. The van der Waals surface area contributed by atoms with Crippen LogP contribution in [0.4, 0.5) is 5.95 Å². The van der Waals surface area contributed by atoms with E-state index < -0.39 is 0 Å². The van der Waals surface area contributed by atoms with Crippen LogP contribution in [0.15, 0.2) is 12.1 Å². The number of nitrogens with two attached hydrogens (primary N) is 1. The number of thioether (sulfide) groups is 1. The topological polar surface area (TPSA) is 43.8 Å². The molecule has 0 amide bonds. The van der Waals surface area contributed by atoms with E-state index in [1.54, 1.807) is 6.07 Å². The van der Waals surface area contributed by atoms with Gasteiger partial charge in [-0.1, -0.05) is 36.5 Å². The molecule has 1 fully saturated rings. The lowest BCUT2D eigenvalue weighted by atomic mass is 10.2. The van der Waals surface area contributed by atoms with Crippen molar-refractivity contribution in [1.29, 1.82) is 0 Å². The van der Waals surface area contributed by atoms with Crippen molar-refractivity contribution < 1.29 is 0 Å². The van der Waals surface area contributed by atoms with Gasteiger partial charge in [0.1, 0.15) is 0 Å². The summed E-state index contributed by atoms with van der Waals surface area (Å²) in [6.07, 6.45) is 3.62. The van der Waals surface area contributed by atoms with Crippen molar-refractivity contribution in [2.24, 2.45) is 0 Å². The predicted molar refractivity (Wildman–Crippen MR) is 89.0 cm³/mol. The van der Waals surface area contributed by atoms with Gasteiger partial charge in [-0.25, -0.2) is 4.98 Å². The Morgan fingerprint density at radius 1 is 1.35 bits per heavy atom. The van der Waals surface area contributed by atoms with Gasteiger partial charge in [0.05, 0.1) is 21.1 Å². The molecule has 1 aliphatic carbocycles. The molecule has 20 heavy (non-hydrogen) atoms. The minimum absolute atomic E-state index is 0.405. The Morgan fingerprint density at radius 2 is 2.10 bits per heavy atom. The summed E-state index contributed by atoms with van der Waals surface area (Å²) >= 11 is 14.2. The number of aromatic nitrogens is 2. The Kier molecular flexibility index (Phi) is 4.07. The molecule has 1 aromatic carbocycles. The van der Waals surface area contributed by atoms with Gasteiger partial charge in [-0.2, -0.15) is 11.8 Å². The number of hydrogen-bond acceptors (Lipinski definition) is 3. The van der Waals surface area contributed by atoms with Gasteiger partial charge in [0.15, 0.2) is 0 Å². The Balaban J connectivity index is 2.10. The van der Waals surface area contributed by atoms with Crippen molar-refractivity contribution >= 4 is 51.9 Å². The third kappa shape index (κ3) is 2.38. The van der Waals surface area contributed by atoms with Crippen molar-refractivity contribution in [3.05, 3.63) is 22.2 Å². The Bertz CT molecular complexity index is 641. The molecule has 0 saturated heterocycles. The number of rotatable bonds is 3. The van der Waals surface area contributed by atoms with Crippen LogP contribution >= 0.6 is 35.0 Å². The molecular formula is C14H17Cl2N3S. The zero-order valence-corrected chi connectivity index (χ0v) is 13.6. The molecule has 0 aliphatic heterocycles. The molecule has 6 heteroatoms. The normalized spacial score (nSPS) is 22.8. The first-order valence-electron chi connectivity index (χ1n) is 6.86. The van der Waals surface area contributed by atoms with Crippen molar-refractivity contribution in [1.82, 2.24) is 9.55 Å². The maximum absolute atomic E-state index is 6.15. The van der Waals surface area contributed by atoms with Gasteiger partial charge in [0.2, 0.25) is 5.95 Å². The molecule has 2 unspecified atom stereocenters. The van der Waals surface area contributed by atoms with Crippen LogP contribution in [0.2, 0.25) is 10.0 Å². The predicted octanol–water partition coefficient (Wildman–Crippen LogP) is 4.77. The maximum Gasteiger partial charge on any atom is 0.201 e.